The van der Waals surface area contributed by atoms with Crippen molar-refractivity contribution in [2.24, 2.45) is 11.3 Å². The van der Waals surface area contributed by atoms with Gasteiger partial charge in [-0.1, -0.05) is 31.5 Å². The molecule has 3 heteroatoms. The molecule has 2 rings (SSSR count). The van der Waals surface area contributed by atoms with Crippen LogP contribution < -0.4 is 4.74 Å². The Bertz CT molecular complexity index is 493. The summed E-state index contributed by atoms with van der Waals surface area (Å²) in [5, 5.41) is 9.47. The van der Waals surface area contributed by atoms with Crippen molar-refractivity contribution >= 4 is 5.97 Å². The number of carboxylic acids is 1. The number of hydrogen-bond acceptors (Lipinski definition) is 2. The van der Waals surface area contributed by atoms with Crippen LogP contribution in [0.4, 0.5) is 0 Å². The van der Waals surface area contributed by atoms with Gasteiger partial charge in [-0.15, -0.1) is 0 Å². The molecule has 2 unspecified atom stereocenters. The van der Waals surface area contributed by atoms with E-state index in [0.717, 1.165) is 12.2 Å². The van der Waals surface area contributed by atoms with Crippen LogP contribution in [-0.4, -0.2) is 17.2 Å². The van der Waals surface area contributed by atoms with Gasteiger partial charge in [0.25, 0.3) is 0 Å². The van der Waals surface area contributed by atoms with Crippen LogP contribution in [0.2, 0.25) is 0 Å². The summed E-state index contributed by atoms with van der Waals surface area (Å²) in [7, 11) is 0. The van der Waals surface area contributed by atoms with Crippen molar-refractivity contribution in [3.63, 3.8) is 0 Å². The standard InChI is InChI=1S/C16H22O3/c1-10(2)16(4,15(17)18)9-13-8-12-7-11(3)5-6-14(12)19-13/h5-7,10,13H,8-9H2,1-4H3,(H,17,18). The molecule has 104 valence electrons. The summed E-state index contributed by atoms with van der Waals surface area (Å²) in [4.78, 5) is 11.5. The summed E-state index contributed by atoms with van der Waals surface area (Å²) >= 11 is 0. The second-order valence-corrected chi connectivity index (χ2v) is 6.14. The average molecular weight is 262 g/mol. The molecule has 1 aromatic rings. The SMILES string of the molecule is Cc1ccc2c(c1)CC(CC(C)(C(=O)O)C(C)C)O2. The molecule has 3 nitrogen and oxygen atoms in total. The summed E-state index contributed by atoms with van der Waals surface area (Å²) in [5.41, 5.74) is 1.68. The lowest BCUT2D eigenvalue weighted by atomic mass is 9.74. The van der Waals surface area contributed by atoms with Crippen LogP contribution in [0.25, 0.3) is 0 Å². The Balaban J connectivity index is 2.13. The molecule has 1 heterocycles. The molecule has 1 aliphatic heterocycles. The number of carboxylic acid groups (broad SMARTS) is 1. The largest absolute Gasteiger partial charge is 0.490 e. The minimum atomic E-state index is -0.738. The van der Waals surface area contributed by atoms with Gasteiger partial charge in [-0.3, -0.25) is 4.79 Å². The van der Waals surface area contributed by atoms with E-state index in [1.54, 1.807) is 0 Å². The molecule has 1 N–H and O–H groups in total. The second kappa shape index (κ2) is 4.87. The molecule has 2 atom stereocenters. The Hall–Kier alpha value is -1.51. The highest BCUT2D eigenvalue weighted by Gasteiger charge is 2.41. The number of carbonyl (C=O) groups is 1. The predicted octanol–water partition coefficient (Wildman–Crippen LogP) is 3.44. The number of ether oxygens (including phenoxy) is 1. The Labute approximate surface area is 114 Å². The first-order valence-corrected chi connectivity index (χ1v) is 6.82. The quantitative estimate of drug-likeness (QED) is 0.904. The maximum atomic E-state index is 11.5. The summed E-state index contributed by atoms with van der Waals surface area (Å²) in [5.74, 6) is 0.254. The van der Waals surface area contributed by atoms with E-state index < -0.39 is 11.4 Å². The van der Waals surface area contributed by atoms with Gasteiger partial charge in [0.15, 0.2) is 0 Å². The Morgan fingerprint density at radius 2 is 2.21 bits per heavy atom. The third-order valence-corrected chi connectivity index (χ3v) is 4.37. The third-order valence-electron chi connectivity index (χ3n) is 4.37. The van der Waals surface area contributed by atoms with Crippen LogP contribution in [0.3, 0.4) is 0 Å². The van der Waals surface area contributed by atoms with Gasteiger partial charge in [0.05, 0.1) is 5.41 Å². The molecule has 0 bridgehead atoms. The minimum absolute atomic E-state index is 0.0275. The van der Waals surface area contributed by atoms with Gasteiger partial charge in [-0.25, -0.2) is 0 Å². The van der Waals surface area contributed by atoms with Crippen LogP contribution >= 0.6 is 0 Å². The first-order chi connectivity index (χ1) is 8.83. The maximum Gasteiger partial charge on any atom is 0.309 e. The summed E-state index contributed by atoms with van der Waals surface area (Å²) in [6.07, 6.45) is 1.33. The second-order valence-electron chi connectivity index (χ2n) is 6.14. The number of rotatable bonds is 4. The molecule has 0 radical (unpaired) electrons. The van der Waals surface area contributed by atoms with Crippen LogP contribution in [-0.2, 0) is 11.2 Å². The number of hydrogen-bond donors (Lipinski definition) is 1. The first kappa shape index (κ1) is 13.9. The smallest absolute Gasteiger partial charge is 0.309 e. The zero-order valence-corrected chi connectivity index (χ0v) is 12.1. The maximum absolute atomic E-state index is 11.5. The van der Waals surface area contributed by atoms with Crippen molar-refractivity contribution in [2.75, 3.05) is 0 Å². The molecule has 0 spiro atoms. The van der Waals surface area contributed by atoms with Gasteiger partial charge >= 0.3 is 5.97 Å². The van der Waals surface area contributed by atoms with E-state index in [1.807, 2.05) is 32.9 Å². The number of aryl methyl sites for hydroxylation is 1. The highest BCUT2D eigenvalue weighted by molar-refractivity contribution is 5.74. The molecule has 0 saturated carbocycles. The van der Waals surface area contributed by atoms with E-state index in [4.69, 9.17) is 4.74 Å². The van der Waals surface area contributed by atoms with E-state index in [1.165, 1.54) is 11.1 Å². The van der Waals surface area contributed by atoms with Crippen LogP contribution in [0.1, 0.15) is 38.3 Å². The molecular weight excluding hydrogens is 240 g/mol. The lowest BCUT2D eigenvalue weighted by molar-refractivity contribution is -0.152. The van der Waals surface area contributed by atoms with Gasteiger partial charge in [-0.2, -0.15) is 0 Å². The molecule has 1 aliphatic rings. The fourth-order valence-electron chi connectivity index (χ4n) is 2.61. The number of fused-ring (bicyclic) bond motifs is 1. The van der Waals surface area contributed by atoms with Gasteiger partial charge < -0.3 is 9.84 Å². The lowest BCUT2D eigenvalue weighted by Crippen LogP contribution is -2.37. The van der Waals surface area contributed by atoms with E-state index in [9.17, 15) is 9.90 Å². The van der Waals surface area contributed by atoms with Crippen molar-refractivity contribution in [3.8, 4) is 5.75 Å². The Morgan fingerprint density at radius 1 is 1.53 bits per heavy atom. The fourth-order valence-corrected chi connectivity index (χ4v) is 2.61. The molecular formula is C16H22O3. The lowest BCUT2D eigenvalue weighted by Gasteiger charge is -2.31. The van der Waals surface area contributed by atoms with Gasteiger partial charge in [-0.05, 0) is 31.4 Å². The van der Waals surface area contributed by atoms with E-state index in [-0.39, 0.29) is 12.0 Å². The zero-order valence-electron chi connectivity index (χ0n) is 12.1. The number of aliphatic carboxylic acids is 1. The highest BCUT2D eigenvalue weighted by atomic mass is 16.5. The minimum Gasteiger partial charge on any atom is -0.490 e. The highest BCUT2D eigenvalue weighted by Crippen LogP contribution is 2.38. The zero-order chi connectivity index (χ0) is 14.2. The fraction of sp³-hybridized carbons (Fsp3) is 0.562. The average Bonchev–Trinajstić information content (AvgIpc) is 2.69. The molecule has 0 saturated heterocycles. The third kappa shape index (κ3) is 2.60. The Kier molecular flexibility index (Phi) is 3.57. The molecule has 0 aromatic heterocycles. The molecule has 0 aliphatic carbocycles. The van der Waals surface area contributed by atoms with Crippen molar-refractivity contribution < 1.29 is 14.6 Å². The molecule has 19 heavy (non-hydrogen) atoms. The van der Waals surface area contributed by atoms with Crippen LogP contribution in [0, 0.1) is 18.3 Å². The van der Waals surface area contributed by atoms with Crippen LogP contribution in [0.5, 0.6) is 5.75 Å². The van der Waals surface area contributed by atoms with Gasteiger partial charge in [0.2, 0.25) is 0 Å². The topological polar surface area (TPSA) is 46.5 Å². The summed E-state index contributed by atoms with van der Waals surface area (Å²) < 4.78 is 5.89. The van der Waals surface area contributed by atoms with Crippen molar-refractivity contribution in [1.29, 1.82) is 0 Å². The number of benzene rings is 1. The molecule has 0 fully saturated rings. The van der Waals surface area contributed by atoms with E-state index in [0.29, 0.717) is 6.42 Å². The molecule has 1 aromatic carbocycles. The summed E-state index contributed by atoms with van der Waals surface area (Å²) in [6, 6.07) is 6.14. The van der Waals surface area contributed by atoms with E-state index in [2.05, 4.69) is 13.0 Å². The van der Waals surface area contributed by atoms with Crippen LogP contribution in [0.15, 0.2) is 18.2 Å². The normalized spacial score (nSPS) is 20.8. The Morgan fingerprint density at radius 3 is 2.79 bits per heavy atom. The van der Waals surface area contributed by atoms with Gasteiger partial charge in [0.1, 0.15) is 11.9 Å². The van der Waals surface area contributed by atoms with Gasteiger partial charge in [0, 0.05) is 12.8 Å². The van der Waals surface area contributed by atoms with E-state index >= 15 is 0 Å². The monoisotopic (exact) mass is 262 g/mol. The van der Waals surface area contributed by atoms with Crippen molar-refractivity contribution in [2.45, 2.75) is 46.6 Å². The summed E-state index contributed by atoms with van der Waals surface area (Å²) in [6.45, 7) is 7.79. The van der Waals surface area contributed by atoms with Crippen molar-refractivity contribution in [3.05, 3.63) is 29.3 Å². The first-order valence-electron chi connectivity index (χ1n) is 6.82. The predicted molar refractivity (Wildman–Crippen MR) is 74.5 cm³/mol. The molecule has 0 amide bonds. The van der Waals surface area contributed by atoms with Crippen molar-refractivity contribution in [1.82, 2.24) is 0 Å².